The van der Waals surface area contributed by atoms with Crippen LogP contribution in [0.4, 0.5) is 29.3 Å². The summed E-state index contributed by atoms with van der Waals surface area (Å²) in [5.41, 5.74) is -5.86. The van der Waals surface area contributed by atoms with E-state index in [0.717, 1.165) is 29.2 Å². The Morgan fingerprint density at radius 3 is 2.29 bits per heavy atom. The van der Waals surface area contributed by atoms with Crippen LogP contribution in [-0.2, 0) is 14.6 Å². The summed E-state index contributed by atoms with van der Waals surface area (Å²) in [4.78, 5) is 32.5. The highest BCUT2D eigenvalue weighted by Gasteiger charge is 2.71. The monoisotopic (exact) mass is 509 g/mol. The van der Waals surface area contributed by atoms with E-state index in [1.807, 2.05) is 0 Å². The number of alkyl halides is 3. The summed E-state index contributed by atoms with van der Waals surface area (Å²) >= 11 is 6.45. The number of urea groups is 1. The fraction of sp³-hybridized carbons (Fsp3) is 0.227. The molecule has 1 aliphatic heterocycles. The quantitative estimate of drug-likeness (QED) is 0.467. The molecule has 2 atom stereocenters. The van der Waals surface area contributed by atoms with Gasteiger partial charge in [-0.25, -0.2) is 18.1 Å². The van der Waals surface area contributed by atoms with Gasteiger partial charge in [0, 0.05) is 11.6 Å². The van der Waals surface area contributed by atoms with Crippen molar-refractivity contribution in [1.82, 2.24) is 4.98 Å². The lowest BCUT2D eigenvalue weighted by molar-refractivity contribution is -0.119. The van der Waals surface area contributed by atoms with Gasteiger partial charge in [0.15, 0.2) is 0 Å². The molecule has 7 nitrogen and oxygen atoms in total. The predicted molar refractivity (Wildman–Crippen MR) is 118 cm³/mol. The molecule has 2 aliphatic rings. The molecular weight excluding hydrogens is 495 g/mol. The summed E-state index contributed by atoms with van der Waals surface area (Å²) in [5, 5.41) is 0.717. The lowest BCUT2D eigenvalue weighted by Crippen LogP contribution is -2.39. The molecule has 3 amide bonds. The number of hydrogen-bond acceptors (Lipinski definition) is 5. The van der Waals surface area contributed by atoms with E-state index >= 15 is 0 Å². The van der Waals surface area contributed by atoms with Gasteiger partial charge in [-0.05, 0) is 42.7 Å². The molecule has 1 saturated heterocycles. The number of rotatable bonds is 3. The molecule has 2 fully saturated rings. The van der Waals surface area contributed by atoms with Crippen LogP contribution in [0.3, 0.4) is 0 Å². The molecule has 2 unspecified atom stereocenters. The van der Waals surface area contributed by atoms with Crippen LogP contribution in [0.25, 0.3) is 10.9 Å². The number of sulfone groups is 1. The Labute approximate surface area is 196 Å². The van der Waals surface area contributed by atoms with Crippen LogP contribution in [-0.4, -0.2) is 36.4 Å². The highest BCUT2D eigenvalue weighted by Crippen LogP contribution is 2.57. The van der Waals surface area contributed by atoms with Crippen molar-refractivity contribution in [3.05, 3.63) is 59.8 Å². The average molecular weight is 510 g/mol. The van der Waals surface area contributed by atoms with Crippen molar-refractivity contribution in [3.8, 4) is 0 Å². The fourth-order valence-corrected chi connectivity index (χ4v) is 5.42. The number of nitrogens with zero attached hydrogens (tertiary/aromatic N) is 3. The smallest absolute Gasteiger partial charge is 0.276 e. The SMILES string of the molecule is CC1CC12C(=O)N(c1ccc(S(=O)(=O)C(F)(F)F)cc1)C(=O)N2c1c(Cl)cnc2ccccc12. The predicted octanol–water partition coefficient (Wildman–Crippen LogP) is 4.93. The molecule has 2 heterocycles. The van der Waals surface area contributed by atoms with Crippen LogP contribution in [0, 0.1) is 5.92 Å². The third-order valence-electron chi connectivity index (χ3n) is 6.26. The van der Waals surface area contributed by atoms with Crippen LogP contribution in [0.15, 0.2) is 59.6 Å². The van der Waals surface area contributed by atoms with Crippen LogP contribution in [0.2, 0.25) is 5.02 Å². The van der Waals surface area contributed by atoms with Crippen molar-refractivity contribution in [1.29, 1.82) is 0 Å². The van der Waals surface area contributed by atoms with Crippen molar-refractivity contribution < 1.29 is 31.2 Å². The molecule has 1 aliphatic carbocycles. The maximum absolute atomic E-state index is 13.6. The number of carbonyl (C=O) groups excluding carboxylic acids is 2. The van der Waals surface area contributed by atoms with E-state index in [-0.39, 0.29) is 16.6 Å². The Balaban J connectivity index is 1.62. The molecule has 0 radical (unpaired) electrons. The molecule has 1 saturated carbocycles. The normalized spacial score (nSPS) is 22.8. The molecular formula is C22H15ClF3N3O4S. The van der Waals surface area contributed by atoms with Gasteiger partial charge in [-0.3, -0.25) is 14.7 Å². The maximum atomic E-state index is 13.6. The number of aromatic nitrogens is 1. The molecule has 0 N–H and O–H groups in total. The number of para-hydroxylation sites is 1. The number of carbonyl (C=O) groups is 2. The summed E-state index contributed by atoms with van der Waals surface area (Å²) in [5.74, 6) is -0.768. The van der Waals surface area contributed by atoms with E-state index < -0.39 is 37.7 Å². The number of halogens is 4. The maximum Gasteiger partial charge on any atom is 0.501 e. The standard InChI is InChI=1S/C22H15ClF3N3O4S/c1-12-10-21(12)19(30)28(13-6-8-14(9-7-13)34(32,33)22(24,25)26)20(31)29(21)18-15-4-2-3-5-17(15)27-11-16(18)23/h2-9,11-12H,10H2,1H3. The molecule has 34 heavy (non-hydrogen) atoms. The number of amides is 3. The van der Waals surface area contributed by atoms with E-state index in [2.05, 4.69) is 4.98 Å². The number of imide groups is 1. The van der Waals surface area contributed by atoms with Gasteiger partial charge in [0.1, 0.15) is 5.54 Å². The van der Waals surface area contributed by atoms with Gasteiger partial charge in [-0.2, -0.15) is 13.2 Å². The largest absolute Gasteiger partial charge is 0.501 e. The first-order chi connectivity index (χ1) is 15.9. The van der Waals surface area contributed by atoms with Gasteiger partial charge < -0.3 is 0 Å². The third-order valence-corrected chi connectivity index (χ3v) is 8.04. The molecule has 0 bridgehead atoms. The van der Waals surface area contributed by atoms with Crippen molar-refractivity contribution in [2.45, 2.75) is 29.3 Å². The first-order valence-corrected chi connectivity index (χ1v) is 11.9. The molecule has 3 aromatic rings. The summed E-state index contributed by atoms with van der Waals surface area (Å²) in [6.45, 7) is 1.80. The number of hydrogen-bond donors (Lipinski definition) is 0. The van der Waals surface area contributed by atoms with E-state index in [0.29, 0.717) is 23.0 Å². The zero-order valence-corrected chi connectivity index (χ0v) is 18.9. The van der Waals surface area contributed by atoms with Gasteiger partial charge >= 0.3 is 11.5 Å². The molecule has 12 heteroatoms. The van der Waals surface area contributed by atoms with Crippen molar-refractivity contribution in [2.75, 3.05) is 9.80 Å². The lowest BCUT2D eigenvalue weighted by Gasteiger charge is -2.24. The van der Waals surface area contributed by atoms with Gasteiger partial charge in [-0.1, -0.05) is 36.7 Å². The van der Waals surface area contributed by atoms with Crippen LogP contribution < -0.4 is 9.80 Å². The van der Waals surface area contributed by atoms with Crippen molar-refractivity contribution >= 4 is 55.7 Å². The first-order valence-electron chi connectivity index (χ1n) is 10.0. The second kappa shape index (κ2) is 7.16. The molecule has 176 valence electrons. The second-order valence-corrected chi connectivity index (χ2v) is 10.6. The van der Waals surface area contributed by atoms with E-state index in [9.17, 15) is 31.2 Å². The van der Waals surface area contributed by atoms with E-state index in [1.54, 1.807) is 31.2 Å². The van der Waals surface area contributed by atoms with Crippen LogP contribution in [0.1, 0.15) is 13.3 Å². The minimum Gasteiger partial charge on any atom is -0.276 e. The Bertz CT molecular complexity index is 1480. The Morgan fingerprint density at radius 2 is 1.71 bits per heavy atom. The lowest BCUT2D eigenvalue weighted by atomic mass is 10.1. The second-order valence-electron chi connectivity index (χ2n) is 8.20. The fourth-order valence-electron chi connectivity index (χ4n) is 4.43. The van der Waals surface area contributed by atoms with Crippen LogP contribution >= 0.6 is 11.6 Å². The number of benzene rings is 2. The van der Waals surface area contributed by atoms with Gasteiger partial charge in [0.2, 0.25) is 0 Å². The minimum absolute atomic E-state index is 0.0495. The van der Waals surface area contributed by atoms with E-state index in [1.165, 1.54) is 11.1 Å². The number of pyridine rings is 1. The van der Waals surface area contributed by atoms with Gasteiger partial charge in [-0.15, -0.1) is 0 Å². The molecule has 5 rings (SSSR count). The average Bonchev–Trinajstić information content (AvgIpc) is 3.40. The minimum atomic E-state index is -5.57. The van der Waals surface area contributed by atoms with Crippen molar-refractivity contribution in [3.63, 3.8) is 0 Å². The van der Waals surface area contributed by atoms with Gasteiger partial charge in [0.25, 0.3) is 15.7 Å². The topological polar surface area (TPSA) is 87.7 Å². The highest BCUT2D eigenvalue weighted by atomic mass is 35.5. The van der Waals surface area contributed by atoms with Crippen LogP contribution in [0.5, 0.6) is 0 Å². The first kappa shape index (κ1) is 22.6. The Morgan fingerprint density at radius 1 is 1.09 bits per heavy atom. The Kier molecular flexibility index (Phi) is 4.76. The highest BCUT2D eigenvalue weighted by molar-refractivity contribution is 7.92. The third kappa shape index (κ3) is 2.96. The molecule has 1 aromatic heterocycles. The Hall–Kier alpha value is -3.18. The summed E-state index contributed by atoms with van der Waals surface area (Å²) < 4.78 is 62.0. The molecule has 2 aromatic carbocycles. The summed E-state index contributed by atoms with van der Waals surface area (Å²) in [7, 11) is -5.57. The number of fused-ring (bicyclic) bond motifs is 1. The van der Waals surface area contributed by atoms with E-state index in [4.69, 9.17) is 11.6 Å². The number of anilines is 2. The summed E-state index contributed by atoms with van der Waals surface area (Å²) in [6, 6.07) is 9.68. The van der Waals surface area contributed by atoms with Gasteiger partial charge in [0.05, 0.1) is 26.8 Å². The molecule has 1 spiro atoms. The van der Waals surface area contributed by atoms with Crippen molar-refractivity contribution in [2.24, 2.45) is 5.92 Å². The summed E-state index contributed by atoms with van der Waals surface area (Å²) in [6.07, 6.45) is 1.75. The zero-order valence-electron chi connectivity index (χ0n) is 17.4. The zero-order chi connectivity index (χ0) is 24.6.